The van der Waals surface area contributed by atoms with Gasteiger partial charge in [-0.15, -0.1) is 0 Å². The Morgan fingerprint density at radius 1 is 1.47 bits per heavy atom. The maximum atomic E-state index is 12.0. The number of hydrogen-bond acceptors (Lipinski definition) is 3. The highest BCUT2D eigenvalue weighted by molar-refractivity contribution is 7.95. The van der Waals surface area contributed by atoms with Crippen molar-refractivity contribution < 1.29 is 33.5 Å². The third-order valence-electron chi connectivity index (χ3n) is 2.36. The predicted molar refractivity (Wildman–Crippen MR) is 78.8 cm³/mol. The van der Waals surface area contributed by atoms with Crippen LogP contribution >= 0.6 is 11.6 Å². The van der Waals surface area contributed by atoms with Crippen molar-refractivity contribution in [3.05, 3.63) is 22.7 Å². The smallest absolute Gasteiger partial charge is 0.255 e. The lowest BCUT2D eigenvalue weighted by atomic mass is 10.1. The van der Waals surface area contributed by atoms with Crippen molar-refractivity contribution in [2.45, 2.75) is 0 Å². The molecule has 0 saturated heterocycles. The molecule has 0 atom stereocenters. The third kappa shape index (κ3) is 5.66. The van der Waals surface area contributed by atoms with Crippen molar-refractivity contribution in [3.8, 4) is 5.75 Å². The SMILES string of the molecule is COc1cc(N)c(Cl)cc1C(=O)NCC[S+](C)C.[I-]. The van der Waals surface area contributed by atoms with Crippen LogP contribution in [-0.4, -0.2) is 37.8 Å². The molecule has 7 heteroatoms. The minimum absolute atomic E-state index is 0. The molecular weight excluding hydrogens is 399 g/mol. The molecule has 0 aromatic heterocycles. The second kappa shape index (κ2) is 8.76. The first-order valence-corrected chi connectivity index (χ1v) is 8.00. The van der Waals surface area contributed by atoms with Crippen LogP contribution in [0.5, 0.6) is 5.75 Å². The number of amides is 1. The zero-order valence-corrected chi connectivity index (χ0v) is 14.9. The van der Waals surface area contributed by atoms with Crippen molar-refractivity contribution in [1.29, 1.82) is 0 Å². The van der Waals surface area contributed by atoms with E-state index in [1.54, 1.807) is 6.07 Å². The van der Waals surface area contributed by atoms with Crippen molar-refractivity contribution in [2.24, 2.45) is 0 Å². The normalized spacial score (nSPS) is 9.95. The lowest BCUT2D eigenvalue weighted by molar-refractivity contribution is -0.0000128. The molecule has 0 heterocycles. The molecule has 1 amide bonds. The molecule has 19 heavy (non-hydrogen) atoms. The number of ether oxygens (including phenoxy) is 1. The van der Waals surface area contributed by atoms with Crippen LogP contribution < -0.4 is 39.8 Å². The fourth-order valence-electron chi connectivity index (χ4n) is 1.38. The van der Waals surface area contributed by atoms with Crippen LogP contribution in [0.3, 0.4) is 0 Å². The molecule has 0 bridgehead atoms. The summed E-state index contributed by atoms with van der Waals surface area (Å²) in [5.41, 5.74) is 6.47. The second-order valence-corrected chi connectivity index (χ2v) is 6.81. The van der Waals surface area contributed by atoms with Gasteiger partial charge in [-0.1, -0.05) is 11.6 Å². The maximum Gasteiger partial charge on any atom is 0.255 e. The number of benzene rings is 1. The molecule has 0 fully saturated rings. The van der Waals surface area contributed by atoms with E-state index in [2.05, 4.69) is 17.8 Å². The molecule has 0 aliphatic heterocycles. The molecule has 0 aliphatic rings. The van der Waals surface area contributed by atoms with Crippen LogP contribution in [0.25, 0.3) is 0 Å². The summed E-state index contributed by atoms with van der Waals surface area (Å²) in [6.45, 7) is 0.639. The van der Waals surface area contributed by atoms with E-state index in [9.17, 15) is 4.79 Å². The summed E-state index contributed by atoms with van der Waals surface area (Å²) in [7, 11) is 1.80. The van der Waals surface area contributed by atoms with Crippen LogP contribution in [0.1, 0.15) is 10.4 Å². The Hall–Kier alpha value is -0.340. The molecule has 1 aromatic rings. The monoisotopic (exact) mass is 416 g/mol. The number of methoxy groups -OCH3 is 1. The zero-order valence-electron chi connectivity index (χ0n) is 11.1. The lowest BCUT2D eigenvalue weighted by Crippen LogP contribution is -3.00. The average Bonchev–Trinajstić information content (AvgIpc) is 2.31. The fraction of sp³-hybridized carbons (Fsp3) is 0.417. The standard InChI is InChI=1S/C12H17ClN2O2S.HI/c1-17-11-7-10(14)9(13)6-8(11)12(16)15-4-5-18(2)3;/h6-7H,4-5H2,1-3H3,(H2-,14,15,16);1H. The summed E-state index contributed by atoms with van der Waals surface area (Å²) in [5.74, 6) is 1.19. The molecule has 0 unspecified atom stereocenters. The van der Waals surface area contributed by atoms with Crippen molar-refractivity contribution in [3.63, 3.8) is 0 Å². The minimum atomic E-state index is -0.195. The topological polar surface area (TPSA) is 64.3 Å². The van der Waals surface area contributed by atoms with Gasteiger partial charge in [0, 0.05) is 6.07 Å². The Morgan fingerprint density at radius 3 is 2.63 bits per heavy atom. The van der Waals surface area contributed by atoms with E-state index in [1.165, 1.54) is 13.2 Å². The Morgan fingerprint density at radius 2 is 2.11 bits per heavy atom. The number of carbonyl (C=O) groups excluding carboxylic acids is 1. The molecule has 3 N–H and O–H groups in total. The van der Waals surface area contributed by atoms with Gasteiger partial charge in [0.25, 0.3) is 5.91 Å². The number of nitrogens with two attached hydrogens (primary N) is 1. The van der Waals surface area contributed by atoms with Crippen LogP contribution in [0.2, 0.25) is 5.02 Å². The highest BCUT2D eigenvalue weighted by Gasteiger charge is 2.15. The van der Waals surface area contributed by atoms with Gasteiger partial charge in [0.1, 0.15) is 11.5 Å². The van der Waals surface area contributed by atoms with E-state index in [4.69, 9.17) is 22.1 Å². The first kappa shape index (κ1) is 18.7. The van der Waals surface area contributed by atoms with Crippen molar-refractivity contribution in [1.82, 2.24) is 5.32 Å². The van der Waals surface area contributed by atoms with Crippen LogP contribution in [-0.2, 0) is 10.9 Å². The number of anilines is 1. The number of nitrogen functional groups attached to an aromatic ring is 1. The second-order valence-electron chi connectivity index (χ2n) is 4.02. The Labute approximate surface area is 138 Å². The number of nitrogens with one attached hydrogen (secondary N) is 1. The van der Waals surface area contributed by atoms with E-state index in [0.29, 0.717) is 39.5 Å². The zero-order chi connectivity index (χ0) is 13.7. The number of halogens is 2. The molecular formula is C12H18ClIN2O2S. The Balaban J connectivity index is 0.00000324. The van der Waals surface area contributed by atoms with Gasteiger partial charge in [0.05, 0.1) is 42.4 Å². The fourth-order valence-corrected chi connectivity index (χ4v) is 2.05. The highest BCUT2D eigenvalue weighted by atomic mass is 127. The summed E-state index contributed by atoms with van der Waals surface area (Å²) < 4.78 is 5.13. The quantitative estimate of drug-likeness (QED) is 0.350. The van der Waals surface area contributed by atoms with Crippen LogP contribution in [0.4, 0.5) is 5.69 Å². The first-order valence-electron chi connectivity index (χ1n) is 5.41. The molecule has 0 spiro atoms. The molecule has 1 aromatic carbocycles. The van der Waals surface area contributed by atoms with Gasteiger partial charge >= 0.3 is 0 Å². The van der Waals surface area contributed by atoms with Gasteiger partial charge in [0.15, 0.2) is 0 Å². The summed E-state index contributed by atoms with van der Waals surface area (Å²) in [6, 6.07) is 3.09. The van der Waals surface area contributed by atoms with Gasteiger partial charge in [-0.05, 0) is 17.0 Å². The van der Waals surface area contributed by atoms with E-state index in [0.717, 1.165) is 5.75 Å². The average molecular weight is 417 g/mol. The number of hydrogen-bond donors (Lipinski definition) is 2. The summed E-state index contributed by atoms with van der Waals surface area (Å²) in [4.78, 5) is 12.0. The molecule has 1 rings (SSSR count). The van der Waals surface area contributed by atoms with Crippen LogP contribution in [0.15, 0.2) is 12.1 Å². The molecule has 0 aliphatic carbocycles. The van der Waals surface area contributed by atoms with E-state index in [-0.39, 0.29) is 29.9 Å². The van der Waals surface area contributed by atoms with Gasteiger partial charge in [0.2, 0.25) is 0 Å². The van der Waals surface area contributed by atoms with Gasteiger partial charge in [-0.3, -0.25) is 4.79 Å². The Bertz CT molecular complexity index is 444. The van der Waals surface area contributed by atoms with Crippen molar-refractivity contribution >= 4 is 34.1 Å². The lowest BCUT2D eigenvalue weighted by Gasteiger charge is -2.10. The summed E-state index contributed by atoms with van der Waals surface area (Å²) in [5, 5.41) is 3.19. The van der Waals surface area contributed by atoms with E-state index in [1.807, 2.05) is 0 Å². The predicted octanol–water partition coefficient (Wildman–Crippen LogP) is -1.46. The summed E-state index contributed by atoms with van der Waals surface area (Å²) >= 11 is 5.91. The van der Waals surface area contributed by atoms with E-state index < -0.39 is 0 Å². The molecule has 4 nitrogen and oxygen atoms in total. The third-order valence-corrected chi connectivity index (χ3v) is 3.71. The first-order chi connectivity index (χ1) is 8.45. The number of rotatable bonds is 5. The maximum absolute atomic E-state index is 12.0. The van der Waals surface area contributed by atoms with E-state index >= 15 is 0 Å². The molecule has 0 saturated carbocycles. The van der Waals surface area contributed by atoms with Gasteiger partial charge in [-0.25, -0.2) is 0 Å². The van der Waals surface area contributed by atoms with Gasteiger partial charge < -0.3 is 39.8 Å². The highest BCUT2D eigenvalue weighted by Crippen LogP contribution is 2.28. The van der Waals surface area contributed by atoms with Crippen molar-refractivity contribution in [2.75, 3.05) is 37.7 Å². The van der Waals surface area contributed by atoms with Crippen LogP contribution in [0, 0.1) is 0 Å². The largest absolute Gasteiger partial charge is 1.00 e. The number of carbonyl (C=O) groups is 1. The Kier molecular flexibility index (Phi) is 8.60. The molecule has 108 valence electrons. The van der Waals surface area contributed by atoms with Gasteiger partial charge in [-0.2, -0.15) is 0 Å². The summed E-state index contributed by atoms with van der Waals surface area (Å²) in [6.07, 6.45) is 4.26. The molecule has 0 radical (unpaired) electrons. The minimum Gasteiger partial charge on any atom is -1.00 e.